The van der Waals surface area contributed by atoms with Gasteiger partial charge in [-0.15, -0.1) is 10.2 Å². The topological polar surface area (TPSA) is 87.4 Å². The first-order chi connectivity index (χ1) is 12.5. The van der Waals surface area contributed by atoms with Crippen LogP contribution in [0, 0.1) is 0 Å². The van der Waals surface area contributed by atoms with Crippen LogP contribution < -0.4 is 0 Å². The summed E-state index contributed by atoms with van der Waals surface area (Å²) < 4.78 is 2.04. The fraction of sp³-hybridized carbons (Fsp3) is 0.556. The summed E-state index contributed by atoms with van der Waals surface area (Å²) in [4.78, 5) is 20.9. The Morgan fingerprint density at radius 2 is 2.15 bits per heavy atom. The molecule has 3 heterocycles. The average Bonchev–Trinajstić information content (AvgIpc) is 3.01. The van der Waals surface area contributed by atoms with E-state index in [4.69, 9.17) is 0 Å². The lowest BCUT2D eigenvalue weighted by Crippen LogP contribution is -2.40. The fourth-order valence-corrected chi connectivity index (χ4v) is 3.37. The number of carbonyl (C=O) groups is 1. The molecule has 8 nitrogen and oxygen atoms in total. The van der Waals surface area contributed by atoms with Gasteiger partial charge in [-0.25, -0.2) is 4.98 Å². The molecule has 26 heavy (non-hydrogen) atoms. The second kappa shape index (κ2) is 7.92. The molecule has 1 N–H and O–H groups in total. The standard InChI is InChI=1S/C18H26N6O2/c1-22(2)11-16-20-21-17(23(16)3)13-6-5-9-24(10-13)18(26)15-8-4-7-14(12-25)19-15/h4,7-8,13,25H,5-6,9-12H2,1-3H3/t13-/m0/s1. The molecule has 0 saturated carbocycles. The molecule has 1 aliphatic heterocycles. The van der Waals surface area contributed by atoms with Crippen molar-refractivity contribution in [2.24, 2.45) is 7.05 Å². The normalized spacial score (nSPS) is 17.7. The summed E-state index contributed by atoms with van der Waals surface area (Å²) in [5, 5.41) is 17.9. The number of rotatable bonds is 5. The number of piperidine rings is 1. The van der Waals surface area contributed by atoms with Gasteiger partial charge in [-0.05, 0) is 39.1 Å². The molecule has 1 amide bonds. The number of pyridine rings is 1. The van der Waals surface area contributed by atoms with Crippen LogP contribution in [0.5, 0.6) is 0 Å². The number of nitrogens with zero attached hydrogens (tertiary/aromatic N) is 6. The van der Waals surface area contributed by atoms with E-state index in [-0.39, 0.29) is 18.4 Å². The molecule has 0 radical (unpaired) electrons. The molecule has 1 aliphatic rings. The second-order valence-electron chi connectivity index (χ2n) is 7.03. The molecule has 3 rings (SSSR count). The van der Waals surface area contributed by atoms with Crippen molar-refractivity contribution in [1.82, 2.24) is 29.5 Å². The van der Waals surface area contributed by atoms with Crippen molar-refractivity contribution in [3.63, 3.8) is 0 Å². The average molecular weight is 358 g/mol. The lowest BCUT2D eigenvalue weighted by Gasteiger charge is -2.32. The van der Waals surface area contributed by atoms with Crippen LogP contribution in [0.3, 0.4) is 0 Å². The van der Waals surface area contributed by atoms with Crippen molar-refractivity contribution in [2.45, 2.75) is 31.9 Å². The Hall–Kier alpha value is -2.32. The van der Waals surface area contributed by atoms with Crippen LogP contribution in [-0.4, -0.2) is 67.7 Å². The number of hydrogen-bond donors (Lipinski definition) is 1. The van der Waals surface area contributed by atoms with Gasteiger partial charge in [-0.2, -0.15) is 0 Å². The third-order valence-corrected chi connectivity index (χ3v) is 4.72. The van der Waals surface area contributed by atoms with E-state index < -0.39 is 0 Å². The van der Waals surface area contributed by atoms with Gasteiger partial charge in [0.05, 0.1) is 18.8 Å². The molecule has 0 spiro atoms. The Labute approximate surface area is 153 Å². The molecule has 0 aromatic carbocycles. The molecule has 2 aromatic heterocycles. The Morgan fingerprint density at radius 3 is 2.88 bits per heavy atom. The number of hydrogen-bond acceptors (Lipinski definition) is 6. The van der Waals surface area contributed by atoms with Gasteiger partial charge in [0, 0.05) is 26.1 Å². The highest BCUT2D eigenvalue weighted by atomic mass is 16.3. The highest BCUT2D eigenvalue weighted by molar-refractivity contribution is 5.92. The maximum atomic E-state index is 12.8. The van der Waals surface area contributed by atoms with Crippen LogP contribution in [0.2, 0.25) is 0 Å². The highest BCUT2D eigenvalue weighted by Gasteiger charge is 2.29. The van der Waals surface area contributed by atoms with Crippen LogP contribution in [0.4, 0.5) is 0 Å². The van der Waals surface area contributed by atoms with E-state index >= 15 is 0 Å². The molecule has 8 heteroatoms. The maximum absolute atomic E-state index is 12.8. The van der Waals surface area contributed by atoms with Crippen LogP contribution in [0.1, 0.15) is 46.6 Å². The number of carbonyl (C=O) groups excluding carboxylic acids is 1. The van der Waals surface area contributed by atoms with E-state index in [9.17, 15) is 9.90 Å². The largest absolute Gasteiger partial charge is 0.390 e. The molecule has 0 unspecified atom stereocenters. The van der Waals surface area contributed by atoms with Gasteiger partial charge < -0.3 is 19.5 Å². The predicted octanol–water partition coefficient (Wildman–Crippen LogP) is 0.784. The van der Waals surface area contributed by atoms with Crippen molar-refractivity contribution in [3.8, 4) is 0 Å². The minimum Gasteiger partial charge on any atom is -0.390 e. The Kier molecular flexibility index (Phi) is 5.63. The Morgan fingerprint density at radius 1 is 1.35 bits per heavy atom. The quantitative estimate of drug-likeness (QED) is 0.850. The van der Waals surface area contributed by atoms with E-state index in [2.05, 4.69) is 20.1 Å². The minimum atomic E-state index is -0.169. The van der Waals surface area contributed by atoms with Gasteiger partial charge in [0.25, 0.3) is 5.91 Å². The lowest BCUT2D eigenvalue weighted by molar-refractivity contribution is 0.0697. The Bertz CT molecular complexity index is 773. The fourth-order valence-electron chi connectivity index (χ4n) is 3.37. The molecular formula is C18H26N6O2. The highest BCUT2D eigenvalue weighted by Crippen LogP contribution is 2.26. The summed E-state index contributed by atoms with van der Waals surface area (Å²) in [6.07, 6.45) is 1.91. The zero-order chi connectivity index (χ0) is 18.7. The third-order valence-electron chi connectivity index (χ3n) is 4.72. The third kappa shape index (κ3) is 3.91. The smallest absolute Gasteiger partial charge is 0.272 e. The van der Waals surface area contributed by atoms with Crippen molar-refractivity contribution >= 4 is 5.91 Å². The monoisotopic (exact) mass is 358 g/mol. The zero-order valence-corrected chi connectivity index (χ0v) is 15.6. The van der Waals surface area contributed by atoms with E-state index in [1.54, 1.807) is 18.2 Å². The first-order valence-corrected chi connectivity index (χ1v) is 8.88. The SMILES string of the molecule is CN(C)Cc1nnc([C@H]2CCCN(C(=O)c3cccc(CO)n3)C2)n1C. The first kappa shape index (κ1) is 18.5. The van der Waals surface area contributed by atoms with E-state index in [1.165, 1.54) is 0 Å². The molecular weight excluding hydrogens is 332 g/mol. The molecule has 2 aromatic rings. The summed E-state index contributed by atoms with van der Waals surface area (Å²) in [5.41, 5.74) is 0.884. The van der Waals surface area contributed by atoms with Crippen LogP contribution in [0.15, 0.2) is 18.2 Å². The van der Waals surface area contributed by atoms with Gasteiger partial charge in [-0.3, -0.25) is 4.79 Å². The summed E-state index contributed by atoms with van der Waals surface area (Å²) >= 11 is 0. The first-order valence-electron chi connectivity index (χ1n) is 8.88. The van der Waals surface area contributed by atoms with Gasteiger partial charge in [0.1, 0.15) is 17.3 Å². The van der Waals surface area contributed by atoms with Crippen LogP contribution in [-0.2, 0) is 20.2 Å². The number of likely N-dealkylation sites (tertiary alicyclic amines) is 1. The summed E-state index contributed by atoms with van der Waals surface area (Å²) in [7, 11) is 5.99. The van der Waals surface area contributed by atoms with Crippen molar-refractivity contribution < 1.29 is 9.90 Å². The minimum absolute atomic E-state index is 0.0966. The lowest BCUT2D eigenvalue weighted by atomic mass is 9.97. The number of amides is 1. The summed E-state index contributed by atoms with van der Waals surface area (Å²) in [5.74, 6) is 1.92. The predicted molar refractivity (Wildman–Crippen MR) is 96.4 cm³/mol. The second-order valence-corrected chi connectivity index (χ2v) is 7.03. The molecule has 0 aliphatic carbocycles. The van der Waals surface area contributed by atoms with Crippen molar-refractivity contribution in [2.75, 3.05) is 27.2 Å². The van der Waals surface area contributed by atoms with Gasteiger partial charge in [0.15, 0.2) is 0 Å². The van der Waals surface area contributed by atoms with E-state index in [0.717, 1.165) is 31.0 Å². The summed E-state index contributed by atoms with van der Waals surface area (Å²) in [6, 6.07) is 5.16. The van der Waals surface area contributed by atoms with Crippen molar-refractivity contribution in [3.05, 3.63) is 41.2 Å². The van der Waals surface area contributed by atoms with Crippen molar-refractivity contribution in [1.29, 1.82) is 0 Å². The van der Waals surface area contributed by atoms with E-state index in [1.807, 2.05) is 30.6 Å². The number of aliphatic hydroxyl groups excluding tert-OH is 1. The zero-order valence-electron chi connectivity index (χ0n) is 15.6. The Balaban J connectivity index is 1.75. The molecule has 1 atom stereocenters. The molecule has 1 saturated heterocycles. The van der Waals surface area contributed by atoms with Crippen LogP contribution >= 0.6 is 0 Å². The molecule has 0 bridgehead atoms. The van der Waals surface area contributed by atoms with Gasteiger partial charge in [0.2, 0.25) is 0 Å². The number of aromatic nitrogens is 4. The van der Waals surface area contributed by atoms with Gasteiger partial charge in [-0.1, -0.05) is 6.07 Å². The maximum Gasteiger partial charge on any atom is 0.272 e. The summed E-state index contributed by atoms with van der Waals surface area (Å²) in [6.45, 7) is 1.88. The van der Waals surface area contributed by atoms with Gasteiger partial charge >= 0.3 is 0 Å². The molecule has 1 fully saturated rings. The number of aliphatic hydroxyl groups is 1. The van der Waals surface area contributed by atoms with Crippen LogP contribution in [0.25, 0.3) is 0 Å². The molecule has 140 valence electrons. The van der Waals surface area contributed by atoms with E-state index in [0.29, 0.717) is 24.5 Å².